The lowest BCUT2D eigenvalue weighted by molar-refractivity contribution is 0.102. The van der Waals surface area contributed by atoms with Gasteiger partial charge in [0.25, 0.3) is 5.91 Å². The van der Waals surface area contributed by atoms with Gasteiger partial charge in [0.1, 0.15) is 0 Å². The van der Waals surface area contributed by atoms with Gasteiger partial charge in [-0.1, -0.05) is 29.3 Å². The van der Waals surface area contributed by atoms with Crippen LogP contribution >= 0.6 is 23.2 Å². The van der Waals surface area contributed by atoms with Crippen LogP contribution in [0.15, 0.2) is 42.5 Å². The highest BCUT2D eigenvalue weighted by molar-refractivity contribution is 6.35. The molecule has 1 amide bonds. The maximum Gasteiger partial charge on any atom is 0.255 e. The standard InChI is InChI=1S/C14H8Cl2N2O/c15-11-5-12(16)7-13(6-11)18-14(19)10-3-1-2-9(4-10)8-17/h1-7H,(H,18,19). The van der Waals surface area contributed by atoms with Gasteiger partial charge >= 0.3 is 0 Å². The van der Waals surface area contributed by atoms with Crippen molar-refractivity contribution in [1.29, 1.82) is 5.26 Å². The van der Waals surface area contributed by atoms with Gasteiger partial charge in [0.2, 0.25) is 0 Å². The molecule has 1 N–H and O–H groups in total. The highest BCUT2D eigenvalue weighted by Crippen LogP contribution is 2.22. The lowest BCUT2D eigenvalue weighted by atomic mass is 10.1. The van der Waals surface area contributed by atoms with E-state index in [0.717, 1.165) is 0 Å². The zero-order valence-electron chi connectivity index (χ0n) is 9.65. The Hall–Kier alpha value is -2.02. The van der Waals surface area contributed by atoms with Crippen molar-refractivity contribution in [2.45, 2.75) is 0 Å². The smallest absolute Gasteiger partial charge is 0.255 e. The van der Waals surface area contributed by atoms with Crippen molar-refractivity contribution in [3.8, 4) is 6.07 Å². The van der Waals surface area contributed by atoms with Crippen molar-refractivity contribution in [2.75, 3.05) is 5.32 Å². The molecule has 0 heterocycles. The van der Waals surface area contributed by atoms with Crippen LogP contribution in [0.25, 0.3) is 0 Å². The lowest BCUT2D eigenvalue weighted by Crippen LogP contribution is -2.11. The predicted octanol–water partition coefficient (Wildman–Crippen LogP) is 4.12. The number of halogens is 2. The normalized spacial score (nSPS) is 9.74. The molecule has 2 aromatic carbocycles. The minimum Gasteiger partial charge on any atom is -0.322 e. The van der Waals surface area contributed by atoms with E-state index >= 15 is 0 Å². The highest BCUT2D eigenvalue weighted by atomic mass is 35.5. The fraction of sp³-hybridized carbons (Fsp3) is 0. The molecule has 0 radical (unpaired) electrons. The largest absolute Gasteiger partial charge is 0.322 e. The van der Waals surface area contributed by atoms with Gasteiger partial charge in [-0.05, 0) is 36.4 Å². The van der Waals surface area contributed by atoms with Gasteiger partial charge < -0.3 is 5.32 Å². The summed E-state index contributed by atoms with van der Waals surface area (Å²) in [6.07, 6.45) is 0. The number of carbonyl (C=O) groups excluding carboxylic acids is 1. The third-order valence-electron chi connectivity index (χ3n) is 2.37. The molecule has 0 aliphatic heterocycles. The Labute approximate surface area is 120 Å². The molecule has 0 saturated heterocycles. The fourth-order valence-electron chi connectivity index (χ4n) is 1.56. The number of carbonyl (C=O) groups is 1. The Morgan fingerprint density at radius 2 is 1.79 bits per heavy atom. The van der Waals surface area contributed by atoms with E-state index in [9.17, 15) is 4.79 Å². The summed E-state index contributed by atoms with van der Waals surface area (Å²) in [4.78, 5) is 12.0. The zero-order chi connectivity index (χ0) is 13.8. The molecule has 0 unspecified atom stereocenters. The molecule has 2 rings (SSSR count). The Bertz CT molecular complexity index is 657. The van der Waals surface area contributed by atoms with Crippen LogP contribution in [0.3, 0.4) is 0 Å². The summed E-state index contributed by atoms with van der Waals surface area (Å²) in [5, 5.41) is 12.3. The predicted molar refractivity (Wildman–Crippen MR) is 75.6 cm³/mol. The van der Waals surface area contributed by atoms with Gasteiger partial charge in [-0.25, -0.2) is 0 Å². The first-order chi connectivity index (χ1) is 9.08. The molecule has 94 valence electrons. The SMILES string of the molecule is N#Cc1cccc(C(=O)Nc2cc(Cl)cc(Cl)c2)c1. The van der Waals surface area contributed by atoms with Gasteiger partial charge in [-0.15, -0.1) is 0 Å². The van der Waals surface area contributed by atoms with Crippen LogP contribution in [0.1, 0.15) is 15.9 Å². The van der Waals surface area contributed by atoms with Gasteiger partial charge in [-0.3, -0.25) is 4.79 Å². The summed E-state index contributed by atoms with van der Waals surface area (Å²) < 4.78 is 0. The van der Waals surface area contributed by atoms with Crippen molar-refractivity contribution in [3.05, 3.63) is 63.6 Å². The molecule has 0 atom stereocenters. The van der Waals surface area contributed by atoms with E-state index in [1.807, 2.05) is 6.07 Å². The molecule has 19 heavy (non-hydrogen) atoms. The second-order valence-corrected chi connectivity index (χ2v) is 4.68. The molecule has 0 aromatic heterocycles. The van der Waals surface area contributed by atoms with E-state index in [2.05, 4.69) is 5.32 Å². The maximum atomic E-state index is 12.0. The van der Waals surface area contributed by atoms with Crippen LogP contribution in [0.5, 0.6) is 0 Å². The number of anilines is 1. The second-order valence-electron chi connectivity index (χ2n) is 3.80. The number of nitriles is 1. The zero-order valence-corrected chi connectivity index (χ0v) is 11.2. The van der Waals surface area contributed by atoms with Gasteiger partial charge in [0.15, 0.2) is 0 Å². The number of nitrogens with one attached hydrogen (secondary N) is 1. The van der Waals surface area contributed by atoms with Crippen LogP contribution in [0.2, 0.25) is 10.0 Å². The first kappa shape index (κ1) is 13.4. The Balaban J connectivity index is 2.23. The molecular formula is C14H8Cl2N2O. The first-order valence-corrected chi connectivity index (χ1v) is 6.12. The molecule has 2 aromatic rings. The Morgan fingerprint density at radius 3 is 2.42 bits per heavy atom. The van der Waals surface area contributed by atoms with Crippen molar-refractivity contribution in [3.63, 3.8) is 0 Å². The number of benzene rings is 2. The van der Waals surface area contributed by atoms with Crippen LogP contribution in [-0.2, 0) is 0 Å². The van der Waals surface area contributed by atoms with E-state index in [1.165, 1.54) is 6.07 Å². The van der Waals surface area contributed by atoms with Crippen LogP contribution in [0, 0.1) is 11.3 Å². The van der Waals surface area contributed by atoms with Gasteiger partial charge in [-0.2, -0.15) is 5.26 Å². The molecule has 0 aliphatic carbocycles. The van der Waals surface area contributed by atoms with E-state index in [1.54, 1.807) is 36.4 Å². The van der Waals surface area contributed by atoms with E-state index < -0.39 is 0 Å². The van der Waals surface area contributed by atoms with Crippen LogP contribution < -0.4 is 5.32 Å². The third kappa shape index (κ3) is 3.47. The van der Waals surface area contributed by atoms with Gasteiger partial charge in [0.05, 0.1) is 11.6 Å². The minimum absolute atomic E-state index is 0.324. The number of rotatable bonds is 2. The lowest BCUT2D eigenvalue weighted by Gasteiger charge is -2.06. The average Bonchev–Trinajstić information content (AvgIpc) is 2.37. The van der Waals surface area contributed by atoms with Crippen molar-refractivity contribution in [1.82, 2.24) is 0 Å². The van der Waals surface area contributed by atoms with Gasteiger partial charge in [0, 0.05) is 21.3 Å². The van der Waals surface area contributed by atoms with Crippen LogP contribution in [0.4, 0.5) is 5.69 Å². The monoisotopic (exact) mass is 290 g/mol. The average molecular weight is 291 g/mol. The summed E-state index contributed by atoms with van der Waals surface area (Å²) in [7, 11) is 0. The van der Waals surface area contributed by atoms with Crippen molar-refractivity contribution >= 4 is 34.8 Å². The Morgan fingerprint density at radius 1 is 1.11 bits per heavy atom. The Kier molecular flexibility index (Phi) is 4.06. The van der Waals surface area contributed by atoms with E-state index in [0.29, 0.717) is 26.9 Å². The molecule has 0 saturated carbocycles. The molecule has 0 spiro atoms. The van der Waals surface area contributed by atoms with Crippen LogP contribution in [-0.4, -0.2) is 5.91 Å². The first-order valence-electron chi connectivity index (χ1n) is 5.36. The highest BCUT2D eigenvalue weighted by Gasteiger charge is 2.07. The van der Waals surface area contributed by atoms with E-state index in [4.69, 9.17) is 28.5 Å². The summed E-state index contributed by atoms with van der Waals surface area (Å²) in [5.41, 5.74) is 1.33. The van der Waals surface area contributed by atoms with Crippen molar-refractivity contribution < 1.29 is 4.79 Å². The summed E-state index contributed by atoms with van der Waals surface area (Å²) in [6.45, 7) is 0. The molecule has 3 nitrogen and oxygen atoms in total. The number of amides is 1. The quantitative estimate of drug-likeness (QED) is 0.905. The molecule has 0 aliphatic rings. The fourth-order valence-corrected chi connectivity index (χ4v) is 2.09. The summed E-state index contributed by atoms with van der Waals surface area (Å²) in [6, 6.07) is 13.2. The second kappa shape index (κ2) is 5.75. The molecule has 0 fully saturated rings. The van der Waals surface area contributed by atoms with E-state index in [-0.39, 0.29) is 5.91 Å². The number of hydrogen-bond donors (Lipinski definition) is 1. The number of nitrogens with zero attached hydrogens (tertiary/aromatic N) is 1. The summed E-state index contributed by atoms with van der Waals surface area (Å²) in [5.74, 6) is -0.324. The molecule has 5 heteroatoms. The minimum atomic E-state index is -0.324. The molecular weight excluding hydrogens is 283 g/mol. The topological polar surface area (TPSA) is 52.9 Å². The molecule has 0 bridgehead atoms. The van der Waals surface area contributed by atoms with Crippen molar-refractivity contribution in [2.24, 2.45) is 0 Å². The maximum absolute atomic E-state index is 12.0. The third-order valence-corrected chi connectivity index (χ3v) is 2.81. The number of hydrogen-bond acceptors (Lipinski definition) is 2. The summed E-state index contributed by atoms with van der Waals surface area (Å²) >= 11 is 11.7.